The molecular formula is C24H37N3O4S. The van der Waals surface area contributed by atoms with Crippen molar-refractivity contribution in [2.24, 2.45) is 0 Å². The summed E-state index contributed by atoms with van der Waals surface area (Å²) < 4.78 is 27.1. The number of aryl methyl sites for hydroxylation is 2. The van der Waals surface area contributed by atoms with Crippen LogP contribution in [-0.4, -0.2) is 42.6 Å². The van der Waals surface area contributed by atoms with Crippen molar-refractivity contribution in [2.45, 2.75) is 97.6 Å². The van der Waals surface area contributed by atoms with Crippen LogP contribution in [0.1, 0.15) is 82.6 Å². The number of fused-ring (bicyclic) bond motifs is 2. The lowest BCUT2D eigenvalue weighted by Gasteiger charge is -2.39. The molecule has 2 aliphatic carbocycles. The summed E-state index contributed by atoms with van der Waals surface area (Å²) in [5, 5.41) is 2.85. The molecule has 0 saturated heterocycles. The quantitative estimate of drug-likeness (QED) is 0.640. The number of nitrogens with zero attached hydrogens (tertiary/aromatic N) is 1. The molecule has 0 aromatic heterocycles. The molecule has 32 heavy (non-hydrogen) atoms. The number of carbonyl (C=O) groups is 2. The van der Waals surface area contributed by atoms with Crippen molar-refractivity contribution < 1.29 is 18.0 Å². The molecule has 8 heteroatoms. The highest BCUT2D eigenvalue weighted by Crippen LogP contribution is 2.38. The number of urea groups is 1. The zero-order chi connectivity index (χ0) is 23.7. The molecule has 2 aliphatic rings. The first kappa shape index (κ1) is 24.6. The number of sulfonamides is 1. The summed E-state index contributed by atoms with van der Waals surface area (Å²) in [6.45, 7) is 9.78. The molecule has 3 rings (SSSR count). The number of nitrogens with one attached hydrogen (secondary N) is 2. The number of carbonyl (C=O) groups excluding carboxylic acids is 2. The van der Waals surface area contributed by atoms with E-state index in [1.807, 2.05) is 34.6 Å². The van der Waals surface area contributed by atoms with E-state index < -0.39 is 16.1 Å². The minimum absolute atomic E-state index is 0.0253. The van der Waals surface area contributed by atoms with Crippen LogP contribution < -0.4 is 10.0 Å². The first-order valence-electron chi connectivity index (χ1n) is 11.7. The van der Waals surface area contributed by atoms with Gasteiger partial charge < -0.3 is 10.2 Å². The van der Waals surface area contributed by atoms with E-state index in [0.29, 0.717) is 0 Å². The van der Waals surface area contributed by atoms with Crippen LogP contribution in [0.4, 0.5) is 10.5 Å². The predicted molar refractivity (Wildman–Crippen MR) is 127 cm³/mol. The summed E-state index contributed by atoms with van der Waals surface area (Å²) in [4.78, 5) is 27.0. The summed E-state index contributed by atoms with van der Waals surface area (Å²) in [5.74, 6) is -0.352. The molecule has 0 atom stereocenters. The monoisotopic (exact) mass is 463 g/mol. The van der Waals surface area contributed by atoms with Gasteiger partial charge in [-0.1, -0.05) is 6.07 Å². The number of anilines is 1. The van der Waals surface area contributed by atoms with Gasteiger partial charge in [0.2, 0.25) is 15.9 Å². The Morgan fingerprint density at radius 3 is 2.09 bits per heavy atom. The molecule has 0 heterocycles. The zero-order valence-corrected chi connectivity index (χ0v) is 20.8. The van der Waals surface area contributed by atoms with Gasteiger partial charge in [-0.2, -0.15) is 0 Å². The third kappa shape index (κ3) is 5.63. The van der Waals surface area contributed by atoms with E-state index in [1.54, 1.807) is 4.90 Å². The number of hydrogen-bond donors (Lipinski definition) is 2. The van der Waals surface area contributed by atoms with Crippen molar-refractivity contribution in [1.29, 1.82) is 0 Å². The van der Waals surface area contributed by atoms with Crippen molar-refractivity contribution in [3.05, 3.63) is 28.3 Å². The number of benzene rings is 1. The second kappa shape index (κ2) is 9.41. The van der Waals surface area contributed by atoms with Crippen molar-refractivity contribution in [2.75, 3.05) is 11.1 Å². The maximum absolute atomic E-state index is 12.6. The average molecular weight is 464 g/mol. The average Bonchev–Trinajstić information content (AvgIpc) is 3.28. The minimum atomic E-state index is -3.84. The highest BCUT2D eigenvalue weighted by molar-refractivity contribution is 7.90. The summed E-state index contributed by atoms with van der Waals surface area (Å²) >= 11 is 0. The lowest BCUT2D eigenvalue weighted by Crippen LogP contribution is -2.49. The maximum Gasteiger partial charge on any atom is 0.332 e. The van der Waals surface area contributed by atoms with E-state index in [-0.39, 0.29) is 36.1 Å². The Bertz CT molecular complexity index is 961. The van der Waals surface area contributed by atoms with Crippen LogP contribution in [0.3, 0.4) is 0 Å². The molecule has 7 nitrogen and oxygen atoms in total. The van der Waals surface area contributed by atoms with Gasteiger partial charge in [-0.05, 0) is 102 Å². The first-order chi connectivity index (χ1) is 14.9. The number of hydrogen-bond acceptors (Lipinski definition) is 4. The van der Waals surface area contributed by atoms with Gasteiger partial charge in [0, 0.05) is 23.7 Å². The van der Waals surface area contributed by atoms with E-state index in [0.717, 1.165) is 55.3 Å². The lowest BCUT2D eigenvalue weighted by molar-refractivity contribution is -0.138. The standard InChI is InChI=1S/C24H37N3O4S/c1-16(2)27(24(3,4)5)21(28)13-8-14-32(30,31)26-23(29)25-22-19-11-6-9-17(19)15-18-10-7-12-20(18)22/h15-16H,6-14H2,1-5H3,(H2,25,26,29). The number of amides is 3. The molecule has 0 saturated carbocycles. The van der Waals surface area contributed by atoms with Crippen LogP contribution in [-0.2, 0) is 40.5 Å². The molecular weight excluding hydrogens is 426 g/mol. The van der Waals surface area contributed by atoms with Gasteiger partial charge in [-0.15, -0.1) is 0 Å². The highest BCUT2D eigenvalue weighted by atomic mass is 32.2. The van der Waals surface area contributed by atoms with Crippen LogP contribution in [0.15, 0.2) is 6.07 Å². The van der Waals surface area contributed by atoms with Gasteiger partial charge >= 0.3 is 6.03 Å². The van der Waals surface area contributed by atoms with Gasteiger partial charge in [0.1, 0.15) is 0 Å². The van der Waals surface area contributed by atoms with Gasteiger partial charge in [-0.3, -0.25) is 4.79 Å². The molecule has 178 valence electrons. The van der Waals surface area contributed by atoms with E-state index in [9.17, 15) is 18.0 Å². The van der Waals surface area contributed by atoms with Gasteiger partial charge in [0.05, 0.1) is 5.75 Å². The Labute approximate surface area is 192 Å². The van der Waals surface area contributed by atoms with E-state index in [1.165, 1.54) is 11.1 Å². The fourth-order valence-corrected chi connectivity index (χ4v) is 6.23. The summed E-state index contributed by atoms with van der Waals surface area (Å²) in [6, 6.07) is 1.57. The van der Waals surface area contributed by atoms with Gasteiger partial charge in [0.25, 0.3) is 0 Å². The molecule has 0 aliphatic heterocycles. The van der Waals surface area contributed by atoms with Crippen LogP contribution >= 0.6 is 0 Å². The molecule has 0 spiro atoms. The second-order valence-corrected chi connectivity index (χ2v) is 12.1. The van der Waals surface area contributed by atoms with Crippen molar-refractivity contribution in [3.8, 4) is 0 Å². The van der Waals surface area contributed by atoms with Crippen LogP contribution in [0.25, 0.3) is 0 Å². The molecule has 3 amide bonds. The summed E-state index contributed by atoms with van der Waals surface area (Å²) in [5.41, 5.74) is 5.33. The van der Waals surface area contributed by atoms with Crippen molar-refractivity contribution in [3.63, 3.8) is 0 Å². The predicted octanol–water partition coefficient (Wildman–Crippen LogP) is 3.93. The SMILES string of the molecule is CC(C)N(C(=O)CCCS(=O)(=O)NC(=O)Nc1c2c(cc3c1CCC3)CCC2)C(C)(C)C. The molecule has 0 unspecified atom stereocenters. The smallest absolute Gasteiger partial charge is 0.332 e. The Balaban J connectivity index is 1.59. The molecule has 0 radical (unpaired) electrons. The molecule has 0 fully saturated rings. The van der Waals surface area contributed by atoms with E-state index >= 15 is 0 Å². The largest absolute Gasteiger partial charge is 0.335 e. The maximum atomic E-state index is 12.6. The molecule has 1 aromatic rings. The van der Waals surface area contributed by atoms with E-state index in [2.05, 4.69) is 16.1 Å². The van der Waals surface area contributed by atoms with Gasteiger partial charge in [-0.25, -0.2) is 17.9 Å². The molecule has 1 aromatic carbocycles. The van der Waals surface area contributed by atoms with Crippen molar-refractivity contribution >= 4 is 27.6 Å². The number of rotatable bonds is 7. The highest BCUT2D eigenvalue weighted by Gasteiger charge is 2.29. The van der Waals surface area contributed by atoms with E-state index in [4.69, 9.17) is 0 Å². The normalized spacial score (nSPS) is 15.4. The third-order valence-electron chi connectivity index (χ3n) is 6.27. The Hall–Kier alpha value is -2.09. The Morgan fingerprint density at radius 1 is 1.03 bits per heavy atom. The fraction of sp³-hybridized carbons (Fsp3) is 0.667. The van der Waals surface area contributed by atoms with Crippen molar-refractivity contribution in [1.82, 2.24) is 9.62 Å². The minimum Gasteiger partial charge on any atom is -0.335 e. The lowest BCUT2D eigenvalue weighted by atomic mass is 9.99. The fourth-order valence-electron chi connectivity index (χ4n) is 5.27. The topological polar surface area (TPSA) is 95.6 Å². The Morgan fingerprint density at radius 2 is 1.59 bits per heavy atom. The van der Waals surface area contributed by atoms with Crippen LogP contribution in [0, 0.1) is 0 Å². The Kier molecular flexibility index (Phi) is 7.22. The first-order valence-corrected chi connectivity index (χ1v) is 13.3. The zero-order valence-electron chi connectivity index (χ0n) is 20.0. The molecule has 2 N–H and O–H groups in total. The van der Waals surface area contributed by atoms with Crippen LogP contribution in [0.2, 0.25) is 0 Å². The van der Waals surface area contributed by atoms with Gasteiger partial charge in [0.15, 0.2) is 0 Å². The van der Waals surface area contributed by atoms with Crippen LogP contribution in [0.5, 0.6) is 0 Å². The second-order valence-electron chi connectivity index (χ2n) is 10.2. The summed E-state index contributed by atoms with van der Waals surface area (Å²) in [7, 11) is -3.84. The molecule has 0 bridgehead atoms. The third-order valence-corrected chi connectivity index (χ3v) is 7.59. The summed E-state index contributed by atoms with van der Waals surface area (Å²) in [6.07, 6.45) is 6.24.